The smallest absolute Gasteiger partial charge is 0.410 e. The second-order valence-corrected chi connectivity index (χ2v) is 10.5. The van der Waals surface area contributed by atoms with Gasteiger partial charge in [-0.1, -0.05) is 23.8 Å². The summed E-state index contributed by atoms with van der Waals surface area (Å²) in [5.74, 6) is 0.263. The first-order chi connectivity index (χ1) is 13.3. The summed E-state index contributed by atoms with van der Waals surface area (Å²) < 4.78 is 5.57. The van der Waals surface area contributed by atoms with Gasteiger partial charge in [0.05, 0.1) is 0 Å². The molecular weight excluding hydrogens is 364 g/mol. The van der Waals surface area contributed by atoms with E-state index in [0.29, 0.717) is 13.1 Å². The van der Waals surface area contributed by atoms with Crippen molar-refractivity contribution in [3.63, 3.8) is 0 Å². The summed E-state index contributed by atoms with van der Waals surface area (Å²) in [5, 5.41) is 3.17. The molecule has 160 valence electrons. The molecule has 5 heteroatoms. The average Bonchev–Trinajstić information content (AvgIpc) is 2.87. The number of amides is 2. The van der Waals surface area contributed by atoms with Crippen molar-refractivity contribution < 1.29 is 14.3 Å². The molecule has 0 aromatic heterocycles. The molecule has 2 aliphatic rings. The number of likely N-dealkylation sites (tertiary alicyclic amines) is 1. The molecule has 1 aliphatic heterocycles. The molecule has 1 fully saturated rings. The Morgan fingerprint density at radius 2 is 1.76 bits per heavy atom. The summed E-state index contributed by atoms with van der Waals surface area (Å²) in [5.41, 5.74) is 3.26. The van der Waals surface area contributed by atoms with E-state index < -0.39 is 5.60 Å². The van der Waals surface area contributed by atoms with Gasteiger partial charge in [-0.2, -0.15) is 0 Å². The highest BCUT2D eigenvalue weighted by Crippen LogP contribution is 2.55. The largest absolute Gasteiger partial charge is 0.444 e. The Hall–Kier alpha value is -2.04. The number of nitrogens with zero attached hydrogens (tertiary/aromatic N) is 1. The third-order valence-electron chi connectivity index (χ3n) is 6.49. The lowest BCUT2D eigenvalue weighted by atomic mass is 9.72. The van der Waals surface area contributed by atoms with Crippen LogP contribution in [0.25, 0.3) is 0 Å². The van der Waals surface area contributed by atoms with Crippen molar-refractivity contribution in [1.29, 1.82) is 0 Å². The summed E-state index contributed by atoms with van der Waals surface area (Å²) in [7, 11) is 0. The minimum atomic E-state index is -0.475. The molecule has 1 spiro atoms. The number of piperidine rings is 1. The Kier molecular flexibility index (Phi) is 5.48. The van der Waals surface area contributed by atoms with Crippen LogP contribution in [0.15, 0.2) is 18.2 Å². The molecule has 1 saturated heterocycles. The van der Waals surface area contributed by atoms with Crippen molar-refractivity contribution >= 4 is 12.0 Å². The predicted octanol–water partition coefficient (Wildman–Crippen LogP) is 4.67. The van der Waals surface area contributed by atoms with E-state index in [1.807, 2.05) is 25.7 Å². The molecule has 1 heterocycles. The molecule has 2 amide bonds. The van der Waals surface area contributed by atoms with E-state index in [1.165, 1.54) is 16.7 Å². The molecular formula is C24H36N2O3. The van der Waals surface area contributed by atoms with Gasteiger partial charge in [0, 0.05) is 31.5 Å². The van der Waals surface area contributed by atoms with Gasteiger partial charge in [-0.3, -0.25) is 4.79 Å². The summed E-state index contributed by atoms with van der Waals surface area (Å²) in [6.07, 6.45) is 2.63. The van der Waals surface area contributed by atoms with Gasteiger partial charge in [0.15, 0.2) is 0 Å². The number of nitrogens with one attached hydrogen (secondary N) is 1. The van der Waals surface area contributed by atoms with Gasteiger partial charge in [0.2, 0.25) is 5.91 Å². The topological polar surface area (TPSA) is 58.6 Å². The summed E-state index contributed by atoms with van der Waals surface area (Å²) in [6, 6.07) is 6.75. The Morgan fingerprint density at radius 3 is 2.31 bits per heavy atom. The Labute approximate surface area is 175 Å². The highest BCUT2D eigenvalue weighted by Gasteiger charge is 2.50. The third-order valence-corrected chi connectivity index (χ3v) is 6.49. The number of hydrogen-bond donors (Lipinski definition) is 1. The zero-order valence-electron chi connectivity index (χ0n) is 19.0. The SMILES string of the molecule is CC(=O)NC(C)(C)C1CC2(CCN(C(=O)OC(C)(C)C)CC2)c2ccc(C)cc21. The maximum Gasteiger partial charge on any atom is 0.410 e. The standard InChI is InChI=1S/C24H36N2O3/c1-16-8-9-19-18(14-16)20(23(6,7)25-17(2)27)15-24(19)10-12-26(13-11-24)21(28)29-22(3,4)5/h8-9,14,20H,10-13,15H2,1-7H3,(H,25,27). The van der Waals surface area contributed by atoms with E-state index in [2.05, 4.69) is 44.3 Å². The molecule has 3 rings (SSSR count). The highest BCUT2D eigenvalue weighted by atomic mass is 16.6. The first kappa shape index (κ1) is 21.7. The first-order valence-corrected chi connectivity index (χ1v) is 10.7. The Balaban J connectivity index is 1.85. The summed E-state index contributed by atoms with van der Waals surface area (Å²) in [6.45, 7) is 15.1. The van der Waals surface area contributed by atoms with E-state index in [-0.39, 0.29) is 28.9 Å². The van der Waals surface area contributed by atoms with E-state index >= 15 is 0 Å². The fourth-order valence-corrected chi connectivity index (χ4v) is 5.17. The Bertz CT molecular complexity index is 799. The second-order valence-electron chi connectivity index (χ2n) is 10.5. The van der Waals surface area contributed by atoms with Crippen LogP contribution < -0.4 is 5.32 Å². The average molecular weight is 401 g/mol. The summed E-state index contributed by atoms with van der Waals surface area (Å²) in [4.78, 5) is 26.2. The Morgan fingerprint density at radius 1 is 1.14 bits per heavy atom. The predicted molar refractivity (Wildman–Crippen MR) is 115 cm³/mol. The number of carbonyl (C=O) groups is 2. The van der Waals surface area contributed by atoms with Crippen LogP contribution in [-0.2, 0) is 14.9 Å². The maximum atomic E-state index is 12.5. The van der Waals surface area contributed by atoms with Crippen LogP contribution in [0.1, 0.15) is 83.4 Å². The number of ether oxygens (including phenoxy) is 1. The molecule has 1 aromatic rings. The number of rotatable bonds is 2. The van der Waals surface area contributed by atoms with Crippen molar-refractivity contribution in [3.05, 3.63) is 34.9 Å². The van der Waals surface area contributed by atoms with Gasteiger partial charge in [-0.25, -0.2) is 4.79 Å². The fourth-order valence-electron chi connectivity index (χ4n) is 5.17. The number of benzene rings is 1. The van der Waals surface area contributed by atoms with Gasteiger partial charge in [0.1, 0.15) is 5.60 Å². The summed E-state index contributed by atoms with van der Waals surface area (Å²) >= 11 is 0. The number of aryl methyl sites for hydroxylation is 1. The van der Waals surface area contributed by atoms with Crippen LogP contribution in [-0.4, -0.2) is 41.1 Å². The molecule has 29 heavy (non-hydrogen) atoms. The third kappa shape index (κ3) is 4.44. The van der Waals surface area contributed by atoms with Crippen molar-refractivity contribution in [2.75, 3.05) is 13.1 Å². The quantitative estimate of drug-likeness (QED) is 0.785. The molecule has 1 aromatic carbocycles. The van der Waals surface area contributed by atoms with Crippen molar-refractivity contribution in [1.82, 2.24) is 10.2 Å². The van der Waals surface area contributed by atoms with Crippen LogP contribution in [0.3, 0.4) is 0 Å². The van der Waals surface area contributed by atoms with Crippen LogP contribution >= 0.6 is 0 Å². The van der Waals surface area contributed by atoms with E-state index in [9.17, 15) is 9.59 Å². The molecule has 1 aliphatic carbocycles. The molecule has 1 atom stereocenters. The molecule has 1 unspecified atom stereocenters. The number of hydrogen-bond acceptors (Lipinski definition) is 3. The molecule has 0 saturated carbocycles. The van der Waals surface area contributed by atoms with Gasteiger partial charge in [0.25, 0.3) is 0 Å². The lowest BCUT2D eigenvalue weighted by Crippen LogP contribution is -2.48. The van der Waals surface area contributed by atoms with E-state index in [0.717, 1.165) is 19.3 Å². The molecule has 0 bridgehead atoms. The minimum absolute atomic E-state index is 0.00454. The number of fused-ring (bicyclic) bond motifs is 2. The van der Waals surface area contributed by atoms with Gasteiger partial charge < -0.3 is 15.0 Å². The van der Waals surface area contributed by atoms with Gasteiger partial charge in [-0.15, -0.1) is 0 Å². The highest BCUT2D eigenvalue weighted by molar-refractivity contribution is 5.74. The van der Waals surface area contributed by atoms with Crippen LogP contribution in [0.4, 0.5) is 4.79 Å². The number of carbonyl (C=O) groups excluding carboxylic acids is 2. The van der Waals surface area contributed by atoms with Gasteiger partial charge in [-0.05, 0) is 77.3 Å². The van der Waals surface area contributed by atoms with Crippen molar-refractivity contribution in [3.8, 4) is 0 Å². The van der Waals surface area contributed by atoms with Gasteiger partial charge >= 0.3 is 6.09 Å². The monoisotopic (exact) mass is 400 g/mol. The lowest BCUT2D eigenvalue weighted by molar-refractivity contribution is -0.120. The first-order valence-electron chi connectivity index (χ1n) is 10.7. The van der Waals surface area contributed by atoms with Crippen LogP contribution in [0.5, 0.6) is 0 Å². The maximum absolute atomic E-state index is 12.5. The fraction of sp³-hybridized carbons (Fsp3) is 0.667. The zero-order chi connectivity index (χ0) is 21.6. The van der Waals surface area contributed by atoms with E-state index in [1.54, 1.807) is 6.92 Å². The normalized spacial score (nSPS) is 21.1. The van der Waals surface area contributed by atoms with Crippen molar-refractivity contribution in [2.45, 2.75) is 90.2 Å². The minimum Gasteiger partial charge on any atom is -0.444 e. The van der Waals surface area contributed by atoms with Crippen LogP contribution in [0.2, 0.25) is 0 Å². The van der Waals surface area contributed by atoms with Crippen LogP contribution in [0, 0.1) is 6.92 Å². The molecule has 1 N–H and O–H groups in total. The van der Waals surface area contributed by atoms with Crippen molar-refractivity contribution in [2.24, 2.45) is 0 Å². The molecule has 5 nitrogen and oxygen atoms in total. The molecule has 0 radical (unpaired) electrons. The van der Waals surface area contributed by atoms with E-state index in [4.69, 9.17) is 4.74 Å². The lowest BCUT2D eigenvalue weighted by Gasteiger charge is -2.41. The zero-order valence-corrected chi connectivity index (χ0v) is 19.0. The second kappa shape index (κ2) is 7.33.